The van der Waals surface area contributed by atoms with E-state index < -0.39 is 0 Å². The summed E-state index contributed by atoms with van der Waals surface area (Å²) in [4.78, 5) is 0. The van der Waals surface area contributed by atoms with E-state index in [1.165, 1.54) is 43.3 Å². The number of aliphatic hydroxyl groups excluding tert-OH is 1. The highest BCUT2D eigenvalue weighted by atomic mass is 16.3. The monoisotopic (exact) mass is 439 g/mol. The summed E-state index contributed by atoms with van der Waals surface area (Å²) in [5.41, 5.74) is 4.12. The fourth-order valence-corrected chi connectivity index (χ4v) is 9.70. The predicted molar refractivity (Wildman–Crippen MR) is 137 cm³/mol. The molecule has 0 aromatic heterocycles. The van der Waals surface area contributed by atoms with E-state index in [0.717, 1.165) is 18.8 Å². The first-order chi connectivity index (χ1) is 14.8. The Labute approximate surface area is 199 Å². The largest absolute Gasteiger partial charge is 0.393 e. The summed E-state index contributed by atoms with van der Waals surface area (Å²) in [6, 6.07) is 0. The van der Waals surface area contributed by atoms with Crippen LogP contribution in [-0.4, -0.2) is 11.2 Å². The van der Waals surface area contributed by atoms with Crippen LogP contribution in [0.5, 0.6) is 0 Å². The van der Waals surface area contributed by atoms with E-state index in [1.807, 2.05) is 0 Å². The van der Waals surface area contributed by atoms with E-state index in [2.05, 4.69) is 80.9 Å². The lowest BCUT2D eigenvalue weighted by Gasteiger charge is -2.70. The number of aliphatic hydroxyl groups is 1. The SMILES string of the molecule is CC(C)=CC/C=C(\C)C1CC[C@]2(C)C1[C@H](O)CC1[C@@]3(C)CC[C@H](C)C(C)(C)C3[CH]C[C@]12C. The molecule has 1 radical (unpaired) electrons. The molecule has 4 aliphatic rings. The molecule has 0 bridgehead atoms. The number of hydrogen-bond donors (Lipinski definition) is 1. The Bertz CT molecular complexity index is 784. The van der Waals surface area contributed by atoms with Crippen LogP contribution in [0.4, 0.5) is 0 Å². The molecule has 4 unspecified atom stereocenters. The summed E-state index contributed by atoms with van der Waals surface area (Å²) in [7, 11) is 0. The number of allylic oxidation sites excluding steroid dienone is 4. The van der Waals surface area contributed by atoms with E-state index >= 15 is 0 Å². The highest BCUT2D eigenvalue weighted by Crippen LogP contribution is 2.75. The third kappa shape index (κ3) is 3.34. The minimum atomic E-state index is -0.157. The Morgan fingerprint density at radius 1 is 0.969 bits per heavy atom. The standard InChI is InChI=1S/C31H51O/c1-20(2)11-10-12-21(3)23-14-17-31(9)27(23)24(32)19-26-29(7)16-13-22(4)28(5,6)25(29)15-18-30(26,31)8/h11-12,15,22-27,32H,10,13-14,16-19H2,1-9H3/b21-12+/t22-,23?,24+,25?,26?,27?,29-,30+,31+/m0/s1. The first-order valence-electron chi connectivity index (χ1n) is 13.6. The van der Waals surface area contributed by atoms with Crippen LogP contribution in [0.2, 0.25) is 0 Å². The summed E-state index contributed by atoms with van der Waals surface area (Å²) in [6.07, 6.45) is 15.9. The maximum absolute atomic E-state index is 11.8. The first kappa shape index (κ1) is 24.6. The van der Waals surface area contributed by atoms with Crippen LogP contribution in [0, 0.1) is 57.7 Å². The van der Waals surface area contributed by atoms with Crippen molar-refractivity contribution in [2.75, 3.05) is 0 Å². The van der Waals surface area contributed by atoms with Crippen molar-refractivity contribution in [1.82, 2.24) is 0 Å². The van der Waals surface area contributed by atoms with Gasteiger partial charge in [0.25, 0.3) is 0 Å². The molecule has 181 valence electrons. The van der Waals surface area contributed by atoms with Crippen LogP contribution in [-0.2, 0) is 0 Å². The Balaban J connectivity index is 1.67. The van der Waals surface area contributed by atoms with Crippen molar-refractivity contribution in [3.8, 4) is 0 Å². The third-order valence-electron chi connectivity index (χ3n) is 12.1. The smallest absolute Gasteiger partial charge is 0.0582 e. The van der Waals surface area contributed by atoms with Crippen molar-refractivity contribution < 1.29 is 5.11 Å². The van der Waals surface area contributed by atoms with Crippen molar-refractivity contribution in [2.45, 2.75) is 113 Å². The fraction of sp³-hybridized carbons (Fsp3) is 0.839. The van der Waals surface area contributed by atoms with E-state index in [0.29, 0.717) is 39.9 Å². The van der Waals surface area contributed by atoms with Gasteiger partial charge in [0, 0.05) is 0 Å². The quantitative estimate of drug-likeness (QED) is 0.438. The van der Waals surface area contributed by atoms with E-state index in [-0.39, 0.29) is 11.5 Å². The average Bonchev–Trinajstić information content (AvgIpc) is 3.07. The molecular weight excluding hydrogens is 388 g/mol. The number of rotatable bonds is 3. The van der Waals surface area contributed by atoms with Crippen LogP contribution >= 0.6 is 0 Å². The Morgan fingerprint density at radius 2 is 1.66 bits per heavy atom. The van der Waals surface area contributed by atoms with Gasteiger partial charge in [0.15, 0.2) is 0 Å². The zero-order valence-corrected chi connectivity index (χ0v) is 22.6. The molecule has 4 aliphatic carbocycles. The molecule has 4 saturated carbocycles. The van der Waals surface area contributed by atoms with Gasteiger partial charge in [-0.1, -0.05) is 64.8 Å². The van der Waals surface area contributed by atoms with Crippen molar-refractivity contribution in [3.05, 3.63) is 29.7 Å². The summed E-state index contributed by atoms with van der Waals surface area (Å²) in [5, 5.41) is 11.8. The van der Waals surface area contributed by atoms with Gasteiger partial charge in [0.05, 0.1) is 6.10 Å². The van der Waals surface area contributed by atoms with Gasteiger partial charge in [0.2, 0.25) is 0 Å². The molecule has 0 aromatic rings. The zero-order chi connectivity index (χ0) is 23.7. The van der Waals surface area contributed by atoms with Gasteiger partial charge in [-0.3, -0.25) is 0 Å². The van der Waals surface area contributed by atoms with Gasteiger partial charge >= 0.3 is 0 Å². The second-order valence-electron chi connectivity index (χ2n) is 14.0. The highest BCUT2D eigenvalue weighted by Gasteiger charge is 2.70. The Kier molecular flexibility index (Phi) is 6.14. The second kappa shape index (κ2) is 8.00. The third-order valence-corrected chi connectivity index (χ3v) is 12.1. The number of fused-ring (bicyclic) bond motifs is 5. The van der Waals surface area contributed by atoms with Gasteiger partial charge in [-0.25, -0.2) is 0 Å². The van der Waals surface area contributed by atoms with Crippen LogP contribution in [0.15, 0.2) is 23.3 Å². The van der Waals surface area contributed by atoms with Crippen LogP contribution in [0.25, 0.3) is 0 Å². The van der Waals surface area contributed by atoms with Gasteiger partial charge < -0.3 is 5.11 Å². The molecule has 9 atom stereocenters. The van der Waals surface area contributed by atoms with E-state index in [4.69, 9.17) is 0 Å². The average molecular weight is 440 g/mol. The normalized spacial score (nSPS) is 50.2. The molecule has 0 spiro atoms. The molecule has 4 fully saturated rings. The van der Waals surface area contributed by atoms with Crippen molar-refractivity contribution in [1.29, 1.82) is 0 Å². The maximum atomic E-state index is 11.8. The molecule has 0 aromatic carbocycles. The molecule has 1 nitrogen and oxygen atoms in total. The van der Waals surface area contributed by atoms with Crippen LogP contribution in [0.3, 0.4) is 0 Å². The molecule has 32 heavy (non-hydrogen) atoms. The van der Waals surface area contributed by atoms with Gasteiger partial charge in [-0.05, 0) is 123 Å². The molecule has 1 heteroatoms. The molecule has 0 aliphatic heterocycles. The summed E-state index contributed by atoms with van der Waals surface area (Å²) in [5.74, 6) is 3.04. The molecule has 0 saturated heterocycles. The van der Waals surface area contributed by atoms with Crippen molar-refractivity contribution >= 4 is 0 Å². The van der Waals surface area contributed by atoms with Crippen molar-refractivity contribution in [2.24, 2.45) is 51.2 Å². The molecule has 1 N–H and O–H groups in total. The lowest BCUT2D eigenvalue weighted by molar-refractivity contribution is -0.217. The topological polar surface area (TPSA) is 20.2 Å². The number of hydrogen-bond acceptors (Lipinski definition) is 1. The second-order valence-corrected chi connectivity index (χ2v) is 14.0. The van der Waals surface area contributed by atoms with Crippen LogP contribution in [0.1, 0.15) is 107 Å². The summed E-state index contributed by atoms with van der Waals surface area (Å²) < 4.78 is 0. The molecule has 4 rings (SSSR count). The predicted octanol–water partition coefficient (Wildman–Crippen LogP) is 8.40. The molecule has 0 amide bonds. The maximum Gasteiger partial charge on any atom is 0.0582 e. The van der Waals surface area contributed by atoms with Gasteiger partial charge in [0.1, 0.15) is 0 Å². The van der Waals surface area contributed by atoms with Gasteiger partial charge in [-0.2, -0.15) is 0 Å². The minimum Gasteiger partial charge on any atom is -0.393 e. The fourth-order valence-electron chi connectivity index (χ4n) is 9.70. The van der Waals surface area contributed by atoms with Crippen molar-refractivity contribution in [3.63, 3.8) is 0 Å². The Hall–Kier alpha value is -0.560. The van der Waals surface area contributed by atoms with E-state index in [9.17, 15) is 5.11 Å². The highest BCUT2D eigenvalue weighted by molar-refractivity contribution is 5.24. The Morgan fingerprint density at radius 3 is 2.31 bits per heavy atom. The first-order valence-corrected chi connectivity index (χ1v) is 13.6. The van der Waals surface area contributed by atoms with E-state index in [1.54, 1.807) is 0 Å². The lowest BCUT2D eigenvalue weighted by Crippen LogP contribution is -2.65. The minimum absolute atomic E-state index is 0.157. The van der Waals surface area contributed by atoms with Crippen LogP contribution < -0.4 is 0 Å². The zero-order valence-electron chi connectivity index (χ0n) is 22.6. The van der Waals surface area contributed by atoms with Gasteiger partial charge in [-0.15, -0.1) is 0 Å². The summed E-state index contributed by atoms with van der Waals surface area (Å²) >= 11 is 0. The summed E-state index contributed by atoms with van der Waals surface area (Å²) in [6.45, 7) is 22.0. The molecular formula is C31H51O. The molecule has 0 heterocycles. The lowest BCUT2D eigenvalue weighted by atomic mass is 9.34.